The molecule has 0 aromatic heterocycles. The molecule has 2 rings (SSSR count). The van der Waals surface area contributed by atoms with E-state index < -0.39 is 33.2 Å². The van der Waals surface area contributed by atoms with E-state index in [1.165, 1.54) is 12.1 Å². The first-order valence-corrected chi connectivity index (χ1v) is 10.5. The highest BCUT2D eigenvalue weighted by molar-refractivity contribution is 14.1. The van der Waals surface area contributed by atoms with Crippen LogP contribution in [0.25, 0.3) is 0 Å². The fraction of sp³-hybridized carbons (Fsp3) is 0.176. The molecule has 5 nitrogen and oxygen atoms in total. The zero-order chi connectivity index (χ0) is 20.0. The number of hydrogen-bond donors (Lipinski definition) is 3. The Hall–Kier alpha value is -1.79. The average molecular weight is 511 g/mol. The molecular weight excluding hydrogens is 494 g/mol. The zero-order valence-electron chi connectivity index (χ0n) is 14.0. The van der Waals surface area contributed by atoms with Crippen molar-refractivity contribution in [3.8, 4) is 0 Å². The van der Waals surface area contributed by atoms with Gasteiger partial charge in [-0.2, -0.15) is 0 Å². The molecule has 0 radical (unpaired) electrons. The maximum absolute atomic E-state index is 14.3. The van der Waals surface area contributed by atoms with Crippen LogP contribution < -0.4 is 15.4 Å². The highest BCUT2D eigenvalue weighted by Crippen LogP contribution is 2.32. The lowest BCUT2D eigenvalue weighted by Crippen LogP contribution is -2.27. The molecule has 10 heteroatoms. The Kier molecular flexibility index (Phi) is 7.50. The third-order valence-electron chi connectivity index (χ3n) is 3.39. The number of nitrogens with one attached hydrogen (secondary N) is 3. The Morgan fingerprint density at radius 3 is 2.44 bits per heavy atom. The molecule has 0 saturated carbocycles. The molecule has 0 amide bonds. The molecule has 0 heterocycles. The van der Waals surface area contributed by atoms with E-state index in [1.807, 2.05) is 22.6 Å². The summed E-state index contributed by atoms with van der Waals surface area (Å²) in [7, 11) is -3.85. The van der Waals surface area contributed by atoms with Crippen molar-refractivity contribution in [2.45, 2.75) is 0 Å². The first kappa shape index (κ1) is 21.5. The number of sulfonamides is 1. The number of anilines is 3. The predicted octanol–water partition coefficient (Wildman–Crippen LogP) is 3.97. The van der Waals surface area contributed by atoms with Crippen molar-refractivity contribution < 1.29 is 21.6 Å². The third kappa shape index (κ3) is 6.11. The van der Waals surface area contributed by atoms with Gasteiger partial charge in [0.05, 0.1) is 17.1 Å². The standard InChI is InChI=1S/C17H17F3IN3O2S/c1-2-7-22-8-9-27(25,26)24-15-6-4-12(18)16(20)17(15)23-14-5-3-11(21)10-13(14)19/h2-6,10,22-24H,1,7-9H2. The predicted molar refractivity (Wildman–Crippen MR) is 109 cm³/mol. The lowest BCUT2D eigenvalue weighted by atomic mass is 10.2. The number of hydrogen-bond acceptors (Lipinski definition) is 4. The molecule has 3 N–H and O–H groups in total. The van der Waals surface area contributed by atoms with Crippen LogP contribution in [0.3, 0.4) is 0 Å². The van der Waals surface area contributed by atoms with Gasteiger partial charge in [-0.15, -0.1) is 6.58 Å². The summed E-state index contributed by atoms with van der Waals surface area (Å²) in [6.07, 6.45) is 1.58. The molecule has 0 aliphatic heterocycles. The van der Waals surface area contributed by atoms with E-state index in [9.17, 15) is 21.6 Å². The van der Waals surface area contributed by atoms with Crippen molar-refractivity contribution in [3.63, 3.8) is 0 Å². The molecule has 0 spiro atoms. The molecule has 146 valence electrons. The van der Waals surface area contributed by atoms with E-state index in [1.54, 1.807) is 12.1 Å². The van der Waals surface area contributed by atoms with Crippen LogP contribution in [0.2, 0.25) is 0 Å². The van der Waals surface area contributed by atoms with Gasteiger partial charge in [0.1, 0.15) is 11.5 Å². The van der Waals surface area contributed by atoms with Crippen LogP contribution in [0.1, 0.15) is 0 Å². The van der Waals surface area contributed by atoms with Gasteiger partial charge in [-0.1, -0.05) is 6.08 Å². The van der Waals surface area contributed by atoms with Crippen LogP contribution in [0, 0.1) is 21.0 Å². The fourth-order valence-corrected chi connectivity index (χ4v) is 3.59. The summed E-state index contributed by atoms with van der Waals surface area (Å²) in [6.45, 7) is 4.07. The molecule has 0 aliphatic carbocycles. The quantitative estimate of drug-likeness (QED) is 0.271. The van der Waals surface area contributed by atoms with Crippen LogP contribution in [0.4, 0.5) is 30.2 Å². The lowest BCUT2D eigenvalue weighted by Gasteiger charge is -2.16. The number of rotatable bonds is 9. The summed E-state index contributed by atoms with van der Waals surface area (Å²) in [5.74, 6) is -3.50. The van der Waals surface area contributed by atoms with Gasteiger partial charge in [-0.3, -0.25) is 4.72 Å². The Labute approximate surface area is 169 Å². The molecule has 2 aromatic rings. The Bertz CT molecular complexity index is 939. The maximum Gasteiger partial charge on any atom is 0.234 e. The molecule has 27 heavy (non-hydrogen) atoms. The molecular formula is C17H17F3IN3O2S. The molecule has 0 unspecified atom stereocenters. The van der Waals surface area contributed by atoms with Crippen molar-refractivity contribution in [1.82, 2.24) is 5.32 Å². The minimum absolute atomic E-state index is 0.118. The van der Waals surface area contributed by atoms with Gasteiger partial charge in [0, 0.05) is 16.7 Å². The van der Waals surface area contributed by atoms with Gasteiger partial charge in [-0.05, 0) is 52.9 Å². The van der Waals surface area contributed by atoms with Crippen molar-refractivity contribution in [2.24, 2.45) is 0 Å². The van der Waals surface area contributed by atoms with Crippen molar-refractivity contribution >= 4 is 49.7 Å². The Morgan fingerprint density at radius 1 is 1.07 bits per heavy atom. The number of benzene rings is 2. The molecule has 0 fully saturated rings. The van der Waals surface area contributed by atoms with Gasteiger partial charge in [0.2, 0.25) is 10.0 Å². The van der Waals surface area contributed by atoms with E-state index in [0.29, 0.717) is 10.1 Å². The lowest BCUT2D eigenvalue weighted by molar-refractivity contribution is 0.512. The zero-order valence-corrected chi connectivity index (χ0v) is 17.0. The van der Waals surface area contributed by atoms with E-state index in [2.05, 4.69) is 21.9 Å². The summed E-state index contributed by atoms with van der Waals surface area (Å²) in [5.41, 5.74) is -0.846. The first-order chi connectivity index (χ1) is 12.7. The van der Waals surface area contributed by atoms with Crippen molar-refractivity contribution in [2.75, 3.05) is 28.9 Å². The van der Waals surface area contributed by atoms with Gasteiger partial charge >= 0.3 is 0 Å². The minimum Gasteiger partial charge on any atom is -0.349 e. The summed E-state index contributed by atoms with van der Waals surface area (Å²) in [5, 5.41) is 5.25. The first-order valence-electron chi connectivity index (χ1n) is 7.75. The molecule has 0 aliphatic rings. The fourth-order valence-electron chi connectivity index (χ4n) is 2.11. The van der Waals surface area contributed by atoms with Gasteiger partial charge in [-0.25, -0.2) is 21.6 Å². The Balaban J connectivity index is 2.29. The highest BCUT2D eigenvalue weighted by Gasteiger charge is 2.19. The van der Waals surface area contributed by atoms with E-state index in [0.717, 1.165) is 12.1 Å². The van der Waals surface area contributed by atoms with Crippen molar-refractivity contribution in [1.29, 1.82) is 0 Å². The second kappa shape index (κ2) is 9.42. The van der Waals surface area contributed by atoms with Crippen molar-refractivity contribution in [3.05, 3.63) is 64.0 Å². The van der Waals surface area contributed by atoms with E-state index >= 15 is 0 Å². The molecule has 0 bridgehead atoms. The van der Waals surface area contributed by atoms with E-state index in [4.69, 9.17) is 0 Å². The summed E-state index contributed by atoms with van der Waals surface area (Å²) < 4.78 is 69.1. The number of halogens is 4. The van der Waals surface area contributed by atoms with Crippen LogP contribution >= 0.6 is 22.6 Å². The summed E-state index contributed by atoms with van der Waals surface area (Å²) in [6, 6.07) is 5.98. The Morgan fingerprint density at radius 2 is 1.78 bits per heavy atom. The second-order valence-electron chi connectivity index (χ2n) is 5.45. The average Bonchev–Trinajstić information content (AvgIpc) is 2.60. The van der Waals surface area contributed by atoms with Crippen LogP contribution in [-0.4, -0.2) is 27.3 Å². The molecule has 0 saturated heterocycles. The minimum atomic E-state index is -3.85. The molecule has 0 atom stereocenters. The maximum atomic E-state index is 14.3. The highest BCUT2D eigenvalue weighted by atomic mass is 127. The van der Waals surface area contributed by atoms with E-state index in [-0.39, 0.29) is 23.7 Å². The van der Waals surface area contributed by atoms with Gasteiger partial charge < -0.3 is 10.6 Å². The third-order valence-corrected chi connectivity index (χ3v) is 5.33. The van der Waals surface area contributed by atoms with Crippen LogP contribution in [0.5, 0.6) is 0 Å². The monoisotopic (exact) mass is 511 g/mol. The smallest absolute Gasteiger partial charge is 0.234 e. The summed E-state index contributed by atoms with van der Waals surface area (Å²) in [4.78, 5) is 0. The SMILES string of the molecule is C=CCNCCS(=O)(=O)Nc1ccc(F)c(F)c1Nc1ccc(I)cc1F. The largest absolute Gasteiger partial charge is 0.349 e. The second-order valence-corrected chi connectivity index (χ2v) is 8.53. The van der Waals surface area contributed by atoms with Gasteiger partial charge in [0.15, 0.2) is 11.6 Å². The topological polar surface area (TPSA) is 70.2 Å². The summed E-state index contributed by atoms with van der Waals surface area (Å²) >= 11 is 1.90. The van der Waals surface area contributed by atoms with Crippen LogP contribution in [-0.2, 0) is 10.0 Å². The van der Waals surface area contributed by atoms with Crippen LogP contribution in [0.15, 0.2) is 43.0 Å². The molecule has 2 aromatic carbocycles. The van der Waals surface area contributed by atoms with Gasteiger partial charge in [0.25, 0.3) is 0 Å². The normalized spacial score (nSPS) is 11.3.